The highest BCUT2D eigenvalue weighted by Gasteiger charge is 2.15. The first-order chi connectivity index (χ1) is 6.86. The molecule has 0 aromatic carbocycles. The smallest absolute Gasteiger partial charge is 0.0159 e. The summed E-state index contributed by atoms with van der Waals surface area (Å²) in [6.07, 6.45) is 0. The molecule has 0 atom stereocenters. The monoisotopic (exact) mass is 280 g/mol. The predicted octanol–water partition coefficient (Wildman–Crippen LogP) is 1.75. The summed E-state index contributed by atoms with van der Waals surface area (Å²) in [7, 11) is 0. The summed E-state index contributed by atoms with van der Waals surface area (Å²) in [5.74, 6) is 2.55. The van der Waals surface area contributed by atoms with E-state index in [-0.39, 0.29) is 0 Å². The van der Waals surface area contributed by atoms with Crippen molar-refractivity contribution in [2.75, 3.05) is 56.1 Å². The number of halogens is 1. The quantitative estimate of drug-likeness (QED) is 0.541. The molecule has 1 saturated heterocycles. The van der Waals surface area contributed by atoms with Gasteiger partial charge in [-0.3, -0.25) is 9.80 Å². The van der Waals surface area contributed by atoms with Crippen molar-refractivity contribution in [3.63, 3.8) is 0 Å². The first-order valence-electron chi connectivity index (χ1n) is 5.45. The Kier molecular flexibility index (Phi) is 7.29. The maximum atomic E-state index is 3.49. The van der Waals surface area contributed by atoms with Gasteiger partial charge in [0.25, 0.3) is 0 Å². The molecule has 1 fully saturated rings. The van der Waals surface area contributed by atoms with Crippen LogP contribution in [-0.4, -0.2) is 65.9 Å². The molecule has 84 valence electrons. The van der Waals surface area contributed by atoms with E-state index in [1.807, 2.05) is 0 Å². The van der Waals surface area contributed by atoms with Gasteiger partial charge in [0, 0.05) is 50.4 Å². The van der Waals surface area contributed by atoms with Gasteiger partial charge < -0.3 is 0 Å². The van der Waals surface area contributed by atoms with Crippen molar-refractivity contribution in [3.8, 4) is 0 Å². The number of hydrogen-bond donors (Lipinski definition) is 0. The van der Waals surface area contributed by atoms with Crippen molar-refractivity contribution >= 4 is 27.7 Å². The van der Waals surface area contributed by atoms with Gasteiger partial charge in [0.1, 0.15) is 0 Å². The van der Waals surface area contributed by atoms with Crippen LogP contribution in [0.4, 0.5) is 0 Å². The molecule has 0 aliphatic carbocycles. The largest absolute Gasteiger partial charge is 0.300 e. The normalized spacial score (nSPS) is 20.1. The molecule has 0 aromatic rings. The first kappa shape index (κ1) is 12.8. The minimum absolute atomic E-state index is 1.11. The molecule has 0 amide bonds. The summed E-state index contributed by atoms with van der Waals surface area (Å²) in [6, 6.07) is 0. The Morgan fingerprint density at radius 3 is 2.14 bits per heavy atom. The predicted molar refractivity (Wildman–Crippen MR) is 69.7 cm³/mol. The molecule has 0 radical (unpaired) electrons. The second kappa shape index (κ2) is 7.97. The van der Waals surface area contributed by atoms with Crippen molar-refractivity contribution < 1.29 is 0 Å². The lowest BCUT2D eigenvalue weighted by Crippen LogP contribution is -2.47. The topological polar surface area (TPSA) is 6.48 Å². The molecule has 1 heterocycles. The van der Waals surface area contributed by atoms with E-state index in [2.05, 4.69) is 44.4 Å². The van der Waals surface area contributed by atoms with E-state index in [0.29, 0.717) is 0 Å². The zero-order chi connectivity index (χ0) is 10.2. The van der Waals surface area contributed by atoms with Gasteiger partial charge in [-0.15, -0.1) is 0 Å². The van der Waals surface area contributed by atoms with Gasteiger partial charge in [-0.05, 0) is 5.75 Å². The highest BCUT2D eigenvalue weighted by Crippen LogP contribution is 2.05. The van der Waals surface area contributed by atoms with Crippen LogP contribution in [0.3, 0.4) is 0 Å². The third-order valence-corrected chi connectivity index (χ3v) is 3.86. The lowest BCUT2D eigenvalue weighted by molar-refractivity contribution is 0.144. The first-order valence-corrected chi connectivity index (χ1v) is 7.73. The highest BCUT2D eigenvalue weighted by molar-refractivity contribution is 9.09. The zero-order valence-electron chi connectivity index (χ0n) is 9.04. The highest BCUT2D eigenvalue weighted by atomic mass is 79.9. The molecular formula is C10H21BrN2S. The molecule has 14 heavy (non-hydrogen) atoms. The van der Waals surface area contributed by atoms with Crippen LogP contribution in [0, 0.1) is 0 Å². The van der Waals surface area contributed by atoms with E-state index in [1.54, 1.807) is 0 Å². The van der Waals surface area contributed by atoms with E-state index in [0.717, 1.165) is 5.33 Å². The maximum Gasteiger partial charge on any atom is 0.0159 e. The zero-order valence-corrected chi connectivity index (χ0v) is 11.4. The van der Waals surface area contributed by atoms with Gasteiger partial charge in [0.2, 0.25) is 0 Å². The van der Waals surface area contributed by atoms with E-state index in [4.69, 9.17) is 0 Å². The fraction of sp³-hybridized carbons (Fsp3) is 1.00. The standard InChI is InChI=1S/C10H21BrN2S/c1-2-14-10-9-13-7-5-12(4-3-11)6-8-13/h2-10H2,1H3. The lowest BCUT2D eigenvalue weighted by atomic mass is 10.3. The second-order valence-corrected chi connectivity index (χ2v) is 5.76. The average Bonchev–Trinajstić information content (AvgIpc) is 2.21. The van der Waals surface area contributed by atoms with E-state index >= 15 is 0 Å². The number of alkyl halides is 1. The van der Waals surface area contributed by atoms with Gasteiger partial charge in [0.15, 0.2) is 0 Å². The molecule has 0 bridgehead atoms. The molecule has 1 aliphatic rings. The summed E-state index contributed by atoms with van der Waals surface area (Å²) in [4.78, 5) is 5.13. The van der Waals surface area contributed by atoms with Crippen molar-refractivity contribution in [1.82, 2.24) is 9.80 Å². The number of thioether (sulfide) groups is 1. The summed E-state index contributed by atoms with van der Waals surface area (Å²) in [5, 5.41) is 1.11. The van der Waals surface area contributed by atoms with Crippen LogP contribution in [0.2, 0.25) is 0 Å². The molecule has 0 unspecified atom stereocenters. The van der Waals surface area contributed by atoms with E-state index < -0.39 is 0 Å². The van der Waals surface area contributed by atoms with Gasteiger partial charge in [-0.1, -0.05) is 22.9 Å². The molecule has 0 spiro atoms. The van der Waals surface area contributed by atoms with Crippen LogP contribution >= 0.6 is 27.7 Å². The molecule has 0 saturated carbocycles. The Hall–Kier alpha value is 0.750. The van der Waals surface area contributed by atoms with E-state index in [9.17, 15) is 0 Å². The Balaban J connectivity index is 2.03. The van der Waals surface area contributed by atoms with Crippen LogP contribution in [0.25, 0.3) is 0 Å². The second-order valence-electron chi connectivity index (χ2n) is 3.57. The third-order valence-electron chi connectivity index (χ3n) is 2.62. The van der Waals surface area contributed by atoms with Crippen LogP contribution in [0.5, 0.6) is 0 Å². The molecule has 1 rings (SSSR count). The fourth-order valence-electron chi connectivity index (χ4n) is 1.69. The molecule has 1 aliphatic heterocycles. The van der Waals surface area contributed by atoms with Gasteiger partial charge in [0.05, 0.1) is 0 Å². The molecule has 0 N–H and O–H groups in total. The third kappa shape index (κ3) is 5.01. The summed E-state index contributed by atoms with van der Waals surface area (Å²) >= 11 is 5.54. The van der Waals surface area contributed by atoms with Gasteiger partial charge in [-0.25, -0.2) is 0 Å². The maximum absolute atomic E-state index is 3.49. The molecule has 2 nitrogen and oxygen atoms in total. The van der Waals surface area contributed by atoms with Gasteiger partial charge >= 0.3 is 0 Å². The van der Waals surface area contributed by atoms with Crippen molar-refractivity contribution in [3.05, 3.63) is 0 Å². The summed E-state index contributed by atoms with van der Waals surface area (Å²) < 4.78 is 0. The van der Waals surface area contributed by atoms with Crippen molar-refractivity contribution in [2.24, 2.45) is 0 Å². The molecule has 0 aromatic heterocycles. The summed E-state index contributed by atoms with van der Waals surface area (Å²) in [5.41, 5.74) is 0. The molecular weight excluding hydrogens is 260 g/mol. The Morgan fingerprint density at radius 1 is 1.07 bits per heavy atom. The minimum Gasteiger partial charge on any atom is -0.300 e. The van der Waals surface area contributed by atoms with Crippen molar-refractivity contribution in [1.29, 1.82) is 0 Å². The number of nitrogens with zero attached hydrogens (tertiary/aromatic N) is 2. The van der Waals surface area contributed by atoms with Crippen LogP contribution in [0.1, 0.15) is 6.92 Å². The number of hydrogen-bond acceptors (Lipinski definition) is 3. The fourth-order valence-corrected chi connectivity index (χ4v) is 2.87. The Labute approximate surface area is 101 Å². The van der Waals surface area contributed by atoms with Crippen molar-refractivity contribution in [2.45, 2.75) is 6.92 Å². The van der Waals surface area contributed by atoms with E-state index in [1.165, 1.54) is 50.8 Å². The Bertz CT molecular complexity index is 138. The number of piperazine rings is 1. The number of rotatable bonds is 6. The average molecular weight is 281 g/mol. The van der Waals surface area contributed by atoms with Crippen LogP contribution in [0.15, 0.2) is 0 Å². The lowest BCUT2D eigenvalue weighted by Gasteiger charge is -2.34. The molecule has 4 heteroatoms. The SMILES string of the molecule is CCSCCN1CCN(CCBr)CC1. The van der Waals surface area contributed by atoms with Gasteiger partial charge in [-0.2, -0.15) is 11.8 Å². The summed E-state index contributed by atoms with van der Waals surface area (Å²) in [6.45, 7) is 9.75. The minimum atomic E-state index is 1.11. The Morgan fingerprint density at radius 2 is 1.64 bits per heavy atom. The van der Waals surface area contributed by atoms with Crippen LogP contribution < -0.4 is 0 Å². The van der Waals surface area contributed by atoms with Crippen LogP contribution in [-0.2, 0) is 0 Å².